The van der Waals surface area contributed by atoms with Crippen LogP contribution in [-0.4, -0.2) is 34.8 Å². The third kappa shape index (κ3) is 3.59. The van der Waals surface area contributed by atoms with Gasteiger partial charge < -0.3 is 10.0 Å². The first-order chi connectivity index (χ1) is 6.59. The molecule has 0 aromatic carbocycles. The summed E-state index contributed by atoms with van der Waals surface area (Å²) < 4.78 is 0.866. The maximum atomic E-state index is 9.12. The third-order valence-corrected chi connectivity index (χ3v) is 2.24. The molecule has 0 aliphatic heterocycles. The molecule has 4 nitrogen and oxygen atoms in total. The fourth-order valence-electron chi connectivity index (χ4n) is 0.983. The molecule has 1 aromatic rings. The summed E-state index contributed by atoms with van der Waals surface area (Å²) in [6.07, 6.45) is 3.85. The number of aromatic nitrogens is 2. The molecular weight excluding hydrogens is 246 g/mol. The number of halogens is 1. The van der Waals surface area contributed by atoms with Gasteiger partial charge in [-0.25, -0.2) is 9.97 Å². The second kappa shape index (κ2) is 5.26. The average Bonchev–Trinajstić information content (AvgIpc) is 2.15. The van der Waals surface area contributed by atoms with Crippen molar-refractivity contribution in [2.75, 3.05) is 18.5 Å². The minimum Gasteiger partial charge on any atom is -0.393 e. The molecule has 0 amide bonds. The molecule has 0 radical (unpaired) electrons. The predicted molar refractivity (Wildman–Crippen MR) is 59.3 cm³/mol. The molecule has 0 spiro atoms. The number of hydrogen-bond donors (Lipinski definition) is 1. The van der Waals surface area contributed by atoms with Crippen LogP contribution in [0.2, 0.25) is 0 Å². The van der Waals surface area contributed by atoms with Gasteiger partial charge in [-0.2, -0.15) is 0 Å². The zero-order valence-corrected chi connectivity index (χ0v) is 9.90. The van der Waals surface area contributed by atoms with Crippen LogP contribution in [0.15, 0.2) is 16.9 Å². The maximum Gasteiger partial charge on any atom is 0.225 e. The van der Waals surface area contributed by atoms with E-state index in [1.165, 1.54) is 0 Å². The molecule has 0 aliphatic rings. The molecule has 14 heavy (non-hydrogen) atoms. The van der Waals surface area contributed by atoms with Gasteiger partial charge in [-0.1, -0.05) is 0 Å². The minimum absolute atomic E-state index is 0.284. The number of rotatable bonds is 4. The van der Waals surface area contributed by atoms with E-state index in [0.717, 1.165) is 17.4 Å². The summed E-state index contributed by atoms with van der Waals surface area (Å²) >= 11 is 3.27. The molecule has 1 rings (SSSR count). The van der Waals surface area contributed by atoms with Crippen LogP contribution >= 0.6 is 15.9 Å². The van der Waals surface area contributed by atoms with Crippen LogP contribution in [0.5, 0.6) is 0 Å². The number of anilines is 1. The molecule has 1 atom stereocenters. The summed E-state index contributed by atoms with van der Waals surface area (Å²) in [4.78, 5) is 10.2. The number of hydrogen-bond acceptors (Lipinski definition) is 4. The van der Waals surface area contributed by atoms with Gasteiger partial charge in [0.1, 0.15) is 0 Å². The van der Waals surface area contributed by atoms with E-state index in [1.54, 1.807) is 19.3 Å². The van der Waals surface area contributed by atoms with E-state index in [-0.39, 0.29) is 6.10 Å². The first-order valence-electron chi connectivity index (χ1n) is 4.46. The van der Waals surface area contributed by atoms with Gasteiger partial charge in [-0.3, -0.25) is 0 Å². The lowest BCUT2D eigenvalue weighted by molar-refractivity contribution is 0.186. The standard InChI is InChI=1S/C9H14BrN3O/c1-7(14)3-4-13(2)9-11-5-8(10)6-12-9/h5-7,14H,3-4H2,1-2H3/t7-/m0/s1. The first-order valence-corrected chi connectivity index (χ1v) is 5.25. The van der Waals surface area contributed by atoms with Crippen LogP contribution in [0.25, 0.3) is 0 Å². The monoisotopic (exact) mass is 259 g/mol. The van der Waals surface area contributed by atoms with E-state index >= 15 is 0 Å². The Labute approximate surface area is 92.1 Å². The molecule has 0 fully saturated rings. The highest BCUT2D eigenvalue weighted by molar-refractivity contribution is 9.10. The quantitative estimate of drug-likeness (QED) is 0.890. The minimum atomic E-state index is -0.284. The summed E-state index contributed by atoms with van der Waals surface area (Å²) in [7, 11) is 1.91. The Bertz CT molecular complexity index is 276. The number of aliphatic hydroxyl groups excluding tert-OH is 1. The smallest absolute Gasteiger partial charge is 0.225 e. The van der Waals surface area contributed by atoms with E-state index in [2.05, 4.69) is 25.9 Å². The molecule has 1 N–H and O–H groups in total. The molecular formula is C9H14BrN3O. The summed E-state index contributed by atoms with van der Waals surface area (Å²) in [6.45, 7) is 2.52. The fraction of sp³-hybridized carbons (Fsp3) is 0.556. The van der Waals surface area contributed by atoms with Crippen molar-refractivity contribution in [3.05, 3.63) is 16.9 Å². The molecule has 1 aromatic heterocycles. The van der Waals surface area contributed by atoms with Gasteiger partial charge in [0, 0.05) is 26.0 Å². The zero-order chi connectivity index (χ0) is 10.6. The average molecular weight is 260 g/mol. The lowest BCUT2D eigenvalue weighted by atomic mass is 10.3. The van der Waals surface area contributed by atoms with Crippen molar-refractivity contribution >= 4 is 21.9 Å². The highest BCUT2D eigenvalue weighted by atomic mass is 79.9. The van der Waals surface area contributed by atoms with Gasteiger partial charge in [0.05, 0.1) is 10.6 Å². The fourth-order valence-corrected chi connectivity index (χ4v) is 1.19. The van der Waals surface area contributed by atoms with Gasteiger partial charge in [-0.15, -0.1) is 0 Å². The van der Waals surface area contributed by atoms with Crippen molar-refractivity contribution in [2.24, 2.45) is 0 Å². The van der Waals surface area contributed by atoms with Crippen LogP contribution in [-0.2, 0) is 0 Å². The zero-order valence-electron chi connectivity index (χ0n) is 8.31. The van der Waals surface area contributed by atoms with Crippen LogP contribution in [0, 0.1) is 0 Å². The normalized spacial score (nSPS) is 12.6. The summed E-state index contributed by atoms with van der Waals surface area (Å²) in [5.74, 6) is 0.675. The van der Waals surface area contributed by atoms with E-state index in [4.69, 9.17) is 5.11 Å². The Kier molecular flexibility index (Phi) is 4.28. The lowest BCUT2D eigenvalue weighted by Gasteiger charge is -2.17. The van der Waals surface area contributed by atoms with E-state index in [0.29, 0.717) is 5.95 Å². The Hall–Kier alpha value is -0.680. The largest absolute Gasteiger partial charge is 0.393 e. The van der Waals surface area contributed by atoms with Crippen molar-refractivity contribution in [1.29, 1.82) is 0 Å². The van der Waals surface area contributed by atoms with Crippen molar-refractivity contribution in [1.82, 2.24) is 9.97 Å². The Morgan fingerprint density at radius 2 is 2.07 bits per heavy atom. The highest BCUT2D eigenvalue weighted by Gasteiger charge is 2.04. The SMILES string of the molecule is C[C@H](O)CCN(C)c1ncc(Br)cn1. The van der Waals surface area contributed by atoms with Crippen LogP contribution in [0.3, 0.4) is 0 Å². The molecule has 0 saturated carbocycles. The summed E-state index contributed by atoms with van der Waals surface area (Å²) in [5, 5.41) is 9.12. The van der Waals surface area contributed by atoms with Crippen LogP contribution in [0.1, 0.15) is 13.3 Å². The first kappa shape index (κ1) is 11.4. The van der Waals surface area contributed by atoms with Gasteiger partial charge in [0.25, 0.3) is 0 Å². The molecule has 0 saturated heterocycles. The molecule has 5 heteroatoms. The topological polar surface area (TPSA) is 49.2 Å². The molecule has 1 heterocycles. The Balaban J connectivity index is 2.52. The summed E-state index contributed by atoms with van der Waals surface area (Å²) in [6, 6.07) is 0. The predicted octanol–water partition coefficient (Wildman–Crippen LogP) is 1.45. The van der Waals surface area contributed by atoms with Gasteiger partial charge in [0.15, 0.2) is 0 Å². The highest BCUT2D eigenvalue weighted by Crippen LogP contribution is 2.10. The van der Waals surface area contributed by atoms with E-state index in [1.807, 2.05) is 11.9 Å². The molecule has 0 bridgehead atoms. The van der Waals surface area contributed by atoms with Gasteiger partial charge in [0.2, 0.25) is 5.95 Å². The second-order valence-electron chi connectivity index (χ2n) is 3.26. The lowest BCUT2D eigenvalue weighted by Crippen LogP contribution is -2.23. The second-order valence-corrected chi connectivity index (χ2v) is 4.18. The third-order valence-electron chi connectivity index (χ3n) is 1.83. The van der Waals surface area contributed by atoms with Crippen LogP contribution in [0.4, 0.5) is 5.95 Å². The maximum absolute atomic E-state index is 9.12. The number of nitrogens with zero attached hydrogens (tertiary/aromatic N) is 3. The van der Waals surface area contributed by atoms with Gasteiger partial charge in [-0.05, 0) is 29.3 Å². The van der Waals surface area contributed by atoms with Gasteiger partial charge >= 0.3 is 0 Å². The van der Waals surface area contributed by atoms with Crippen molar-refractivity contribution in [3.63, 3.8) is 0 Å². The molecule has 0 aliphatic carbocycles. The summed E-state index contributed by atoms with van der Waals surface area (Å²) in [5.41, 5.74) is 0. The van der Waals surface area contributed by atoms with Crippen molar-refractivity contribution < 1.29 is 5.11 Å². The van der Waals surface area contributed by atoms with Crippen molar-refractivity contribution in [2.45, 2.75) is 19.4 Å². The van der Waals surface area contributed by atoms with Crippen LogP contribution < -0.4 is 4.90 Å². The van der Waals surface area contributed by atoms with E-state index < -0.39 is 0 Å². The Morgan fingerprint density at radius 1 is 1.50 bits per heavy atom. The molecule has 78 valence electrons. The molecule has 0 unspecified atom stereocenters. The van der Waals surface area contributed by atoms with E-state index in [9.17, 15) is 0 Å². The number of aliphatic hydroxyl groups is 1. The Morgan fingerprint density at radius 3 is 2.57 bits per heavy atom. The van der Waals surface area contributed by atoms with Crippen molar-refractivity contribution in [3.8, 4) is 0 Å².